The highest BCUT2D eigenvalue weighted by Crippen LogP contribution is 2.39. The smallest absolute Gasteiger partial charge is 0.304 e. The second kappa shape index (κ2) is 4.33. The first-order chi connectivity index (χ1) is 9.12. The fourth-order valence-electron chi connectivity index (χ4n) is 3.13. The van der Waals surface area contributed by atoms with E-state index in [4.69, 9.17) is 0 Å². The molecule has 1 aromatic heterocycles. The summed E-state index contributed by atoms with van der Waals surface area (Å²) in [6.07, 6.45) is 3.52. The Balaban J connectivity index is 1.90. The van der Waals surface area contributed by atoms with Crippen molar-refractivity contribution in [3.05, 3.63) is 29.6 Å². The Bertz CT molecular complexity index is 535. The van der Waals surface area contributed by atoms with Gasteiger partial charge in [-0.05, 0) is 31.9 Å². The molecule has 1 spiro atoms. The number of aryl methyl sites for hydroxylation is 1. The number of imide groups is 1. The van der Waals surface area contributed by atoms with E-state index >= 15 is 0 Å². The van der Waals surface area contributed by atoms with Crippen molar-refractivity contribution in [2.75, 3.05) is 0 Å². The first-order valence-corrected chi connectivity index (χ1v) is 6.67. The van der Waals surface area contributed by atoms with E-state index in [0.717, 1.165) is 37.1 Å². The predicted octanol–water partition coefficient (Wildman–Crippen LogP) is 1.75. The van der Waals surface area contributed by atoms with Crippen LogP contribution >= 0.6 is 0 Å². The summed E-state index contributed by atoms with van der Waals surface area (Å²) in [5.74, 6) is -0.136. The molecule has 3 amide bonds. The maximum Gasteiger partial charge on any atom is 0.325 e. The molecule has 0 atom stereocenters. The standard InChI is InChI=1S/C14H17N3O2/c1-10-5-4-6-11(15-10)9-17-13(19)16-12(18)14(17)7-2-3-8-14/h4-6H,2-3,7-9H2,1H3,(H,16,18,19). The summed E-state index contributed by atoms with van der Waals surface area (Å²) in [4.78, 5) is 30.2. The van der Waals surface area contributed by atoms with Gasteiger partial charge in [0.05, 0.1) is 12.2 Å². The van der Waals surface area contributed by atoms with Crippen LogP contribution in [-0.2, 0) is 11.3 Å². The number of carbonyl (C=O) groups excluding carboxylic acids is 2. The lowest BCUT2D eigenvalue weighted by Crippen LogP contribution is -2.47. The molecule has 1 aromatic rings. The number of pyridine rings is 1. The normalized spacial score (nSPS) is 21.2. The van der Waals surface area contributed by atoms with E-state index in [2.05, 4.69) is 10.3 Å². The number of nitrogens with one attached hydrogen (secondary N) is 1. The van der Waals surface area contributed by atoms with Crippen molar-refractivity contribution < 1.29 is 9.59 Å². The van der Waals surface area contributed by atoms with Crippen LogP contribution < -0.4 is 5.32 Å². The number of nitrogens with zero attached hydrogens (tertiary/aromatic N) is 2. The predicted molar refractivity (Wildman–Crippen MR) is 69.3 cm³/mol. The average molecular weight is 259 g/mol. The molecular weight excluding hydrogens is 242 g/mol. The van der Waals surface area contributed by atoms with Crippen LogP contribution in [0.15, 0.2) is 18.2 Å². The van der Waals surface area contributed by atoms with Gasteiger partial charge >= 0.3 is 6.03 Å². The van der Waals surface area contributed by atoms with Crippen LogP contribution in [0.5, 0.6) is 0 Å². The fourth-order valence-corrected chi connectivity index (χ4v) is 3.13. The van der Waals surface area contributed by atoms with Gasteiger partial charge in [-0.2, -0.15) is 0 Å². The van der Waals surface area contributed by atoms with Gasteiger partial charge in [0.25, 0.3) is 5.91 Å². The van der Waals surface area contributed by atoms with Crippen molar-refractivity contribution in [3.8, 4) is 0 Å². The van der Waals surface area contributed by atoms with Gasteiger partial charge in [-0.3, -0.25) is 15.1 Å². The van der Waals surface area contributed by atoms with Crippen molar-refractivity contribution in [1.82, 2.24) is 15.2 Å². The van der Waals surface area contributed by atoms with Gasteiger partial charge in [0, 0.05) is 5.69 Å². The Morgan fingerprint density at radius 3 is 2.74 bits per heavy atom. The number of urea groups is 1. The molecule has 5 heteroatoms. The lowest BCUT2D eigenvalue weighted by molar-refractivity contribution is -0.126. The summed E-state index contributed by atoms with van der Waals surface area (Å²) >= 11 is 0. The first kappa shape index (κ1) is 12.1. The van der Waals surface area contributed by atoms with Gasteiger partial charge in [0.1, 0.15) is 5.54 Å². The Kier molecular flexibility index (Phi) is 2.77. The zero-order valence-electron chi connectivity index (χ0n) is 11.0. The van der Waals surface area contributed by atoms with Crippen LogP contribution in [0.25, 0.3) is 0 Å². The minimum Gasteiger partial charge on any atom is -0.304 e. The SMILES string of the molecule is Cc1cccc(CN2C(=O)NC(=O)C23CCCC3)n1. The highest BCUT2D eigenvalue weighted by molar-refractivity contribution is 6.07. The van der Waals surface area contributed by atoms with E-state index in [-0.39, 0.29) is 11.9 Å². The maximum atomic E-state index is 12.1. The van der Waals surface area contributed by atoms with Crippen molar-refractivity contribution in [1.29, 1.82) is 0 Å². The van der Waals surface area contributed by atoms with E-state index < -0.39 is 5.54 Å². The van der Waals surface area contributed by atoms with Crippen molar-refractivity contribution in [2.24, 2.45) is 0 Å². The minimum atomic E-state index is -0.623. The number of carbonyl (C=O) groups is 2. The summed E-state index contributed by atoms with van der Waals surface area (Å²) in [5, 5.41) is 2.45. The molecule has 1 aliphatic heterocycles. The zero-order chi connectivity index (χ0) is 13.5. The molecule has 0 unspecified atom stereocenters. The maximum absolute atomic E-state index is 12.1. The van der Waals surface area contributed by atoms with Gasteiger partial charge in [0.2, 0.25) is 0 Å². The van der Waals surface area contributed by atoms with Gasteiger partial charge in [-0.25, -0.2) is 4.79 Å². The number of amides is 3. The van der Waals surface area contributed by atoms with Gasteiger partial charge in [-0.1, -0.05) is 18.9 Å². The number of aromatic nitrogens is 1. The van der Waals surface area contributed by atoms with Gasteiger partial charge in [0.15, 0.2) is 0 Å². The van der Waals surface area contributed by atoms with Crippen LogP contribution in [0.1, 0.15) is 37.1 Å². The van der Waals surface area contributed by atoms with Crippen molar-refractivity contribution in [2.45, 2.75) is 44.7 Å². The molecule has 19 heavy (non-hydrogen) atoms. The molecule has 0 bridgehead atoms. The van der Waals surface area contributed by atoms with Gasteiger partial charge < -0.3 is 4.90 Å². The molecule has 0 radical (unpaired) electrons. The second-order valence-electron chi connectivity index (χ2n) is 5.35. The number of hydrogen-bond donors (Lipinski definition) is 1. The molecule has 1 saturated heterocycles. The van der Waals surface area contributed by atoms with E-state index in [1.807, 2.05) is 25.1 Å². The van der Waals surface area contributed by atoms with E-state index in [1.54, 1.807) is 4.90 Å². The second-order valence-corrected chi connectivity index (χ2v) is 5.35. The Hall–Kier alpha value is -1.91. The fraction of sp³-hybridized carbons (Fsp3) is 0.500. The van der Waals surface area contributed by atoms with Crippen LogP contribution in [0.4, 0.5) is 4.79 Å². The number of rotatable bonds is 2. The van der Waals surface area contributed by atoms with E-state index in [0.29, 0.717) is 6.54 Å². The molecule has 1 aliphatic carbocycles. The van der Waals surface area contributed by atoms with E-state index in [1.165, 1.54) is 0 Å². The van der Waals surface area contributed by atoms with Gasteiger partial charge in [-0.15, -0.1) is 0 Å². The molecule has 2 heterocycles. The molecule has 2 fully saturated rings. The first-order valence-electron chi connectivity index (χ1n) is 6.67. The summed E-state index contributed by atoms with van der Waals surface area (Å²) < 4.78 is 0. The summed E-state index contributed by atoms with van der Waals surface area (Å²) in [7, 11) is 0. The van der Waals surface area contributed by atoms with Crippen LogP contribution in [0.2, 0.25) is 0 Å². The zero-order valence-corrected chi connectivity index (χ0v) is 11.0. The monoisotopic (exact) mass is 259 g/mol. The average Bonchev–Trinajstić information content (AvgIpc) is 2.93. The Morgan fingerprint density at radius 2 is 2.05 bits per heavy atom. The third-order valence-electron chi connectivity index (χ3n) is 4.10. The number of hydrogen-bond acceptors (Lipinski definition) is 3. The van der Waals surface area contributed by atoms with Crippen LogP contribution in [-0.4, -0.2) is 27.4 Å². The molecule has 100 valence electrons. The van der Waals surface area contributed by atoms with Crippen molar-refractivity contribution in [3.63, 3.8) is 0 Å². The highest BCUT2D eigenvalue weighted by Gasteiger charge is 2.53. The molecule has 5 nitrogen and oxygen atoms in total. The molecule has 3 rings (SSSR count). The molecule has 1 N–H and O–H groups in total. The third kappa shape index (κ3) is 1.89. The third-order valence-corrected chi connectivity index (χ3v) is 4.10. The lowest BCUT2D eigenvalue weighted by atomic mass is 9.96. The summed E-state index contributed by atoms with van der Waals surface area (Å²) in [6, 6.07) is 5.46. The summed E-state index contributed by atoms with van der Waals surface area (Å²) in [5.41, 5.74) is 1.13. The van der Waals surface area contributed by atoms with Crippen molar-refractivity contribution >= 4 is 11.9 Å². The molecular formula is C14H17N3O2. The van der Waals surface area contributed by atoms with E-state index in [9.17, 15) is 9.59 Å². The molecule has 2 aliphatic rings. The lowest BCUT2D eigenvalue weighted by Gasteiger charge is -2.31. The Labute approximate surface area is 112 Å². The molecule has 1 saturated carbocycles. The highest BCUT2D eigenvalue weighted by atomic mass is 16.2. The largest absolute Gasteiger partial charge is 0.325 e. The van der Waals surface area contributed by atoms with Crippen LogP contribution in [0.3, 0.4) is 0 Å². The van der Waals surface area contributed by atoms with Crippen LogP contribution in [0, 0.1) is 6.92 Å². The minimum absolute atomic E-state index is 0.136. The summed E-state index contributed by atoms with van der Waals surface area (Å²) in [6.45, 7) is 2.32. The quantitative estimate of drug-likeness (QED) is 0.823. The Morgan fingerprint density at radius 1 is 1.32 bits per heavy atom. The topological polar surface area (TPSA) is 62.3 Å². The molecule has 0 aromatic carbocycles.